The van der Waals surface area contributed by atoms with E-state index in [0.717, 1.165) is 27.8 Å². The number of sulfonamides is 1. The van der Waals surface area contributed by atoms with Crippen molar-refractivity contribution in [1.82, 2.24) is 9.71 Å². The Morgan fingerprint density at radius 1 is 1.21 bits per heavy atom. The van der Waals surface area contributed by atoms with Crippen molar-refractivity contribution in [2.24, 2.45) is 0 Å². The summed E-state index contributed by atoms with van der Waals surface area (Å²) in [7, 11) is -3.67. The fourth-order valence-corrected chi connectivity index (χ4v) is 6.21. The molecular formula is C26H26N2O4S2. The maximum atomic E-state index is 12.9. The zero-order valence-corrected chi connectivity index (χ0v) is 20.2. The Morgan fingerprint density at radius 3 is 2.76 bits per heavy atom. The molecule has 0 bridgehead atoms. The van der Waals surface area contributed by atoms with Crippen molar-refractivity contribution in [3.63, 3.8) is 0 Å². The van der Waals surface area contributed by atoms with Crippen LogP contribution in [0, 0.1) is 0 Å². The molecule has 1 aromatic heterocycles. The number of nitrogens with one attached hydrogen (secondary N) is 1. The Bertz CT molecular complexity index is 1300. The summed E-state index contributed by atoms with van der Waals surface area (Å²) in [5, 5.41) is 8.93. The highest BCUT2D eigenvalue weighted by Crippen LogP contribution is 2.30. The summed E-state index contributed by atoms with van der Waals surface area (Å²) >= 11 is 5.25. The minimum atomic E-state index is -3.67. The van der Waals surface area contributed by atoms with Gasteiger partial charge in [-0.15, -0.1) is 0 Å². The van der Waals surface area contributed by atoms with Crippen molar-refractivity contribution in [2.45, 2.75) is 44.6 Å². The SMILES string of the molecule is O=C(O)CCCC=C(c1cccnc1)c1ccc2c(c1)CC(NS(=O)(=O)C1=CC=CCC1=S)C2. The molecule has 0 saturated heterocycles. The molecule has 2 aliphatic carbocycles. The molecule has 176 valence electrons. The monoisotopic (exact) mass is 494 g/mol. The molecule has 2 aromatic rings. The van der Waals surface area contributed by atoms with Gasteiger partial charge in [-0.1, -0.05) is 54.7 Å². The van der Waals surface area contributed by atoms with Gasteiger partial charge in [0.1, 0.15) is 0 Å². The van der Waals surface area contributed by atoms with Gasteiger partial charge in [0.05, 0.1) is 4.91 Å². The van der Waals surface area contributed by atoms with Crippen LogP contribution >= 0.6 is 12.2 Å². The van der Waals surface area contributed by atoms with E-state index in [0.29, 0.717) is 37.0 Å². The molecule has 0 spiro atoms. The molecule has 0 saturated carbocycles. The Hall–Kier alpha value is -2.94. The number of allylic oxidation sites excluding steroid dienone is 5. The average molecular weight is 495 g/mol. The maximum Gasteiger partial charge on any atom is 0.303 e. The smallest absolute Gasteiger partial charge is 0.303 e. The van der Waals surface area contributed by atoms with Crippen LogP contribution in [-0.4, -0.2) is 35.4 Å². The summed E-state index contributed by atoms with van der Waals surface area (Å²) < 4.78 is 28.6. The first kappa shape index (κ1) is 24.2. The second-order valence-electron chi connectivity index (χ2n) is 8.44. The summed E-state index contributed by atoms with van der Waals surface area (Å²) in [6, 6.07) is 9.81. The summed E-state index contributed by atoms with van der Waals surface area (Å²) in [6.45, 7) is 0. The largest absolute Gasteiger partial charge is 0.481 e. The van der Waals surface area contributed by atoms with Crippen LogP contribution in [0.25, 0.3) is 5.57 Å². The van der Waals surface area contributed by atoms with E-state index in [1.807, 2.05) is 30.3 Å². The van der Waals surface area contributed by atoms with Gasteiger partial charge in [0.25, 0.3) is 0 Å². The van der Waals surface area contributed by atoms with E-state index < -0.39 is 16.0 Å². The van der Waals surface area contributed by atoms with Crippen LogP contribution in [0.4, 0.5) is 0 Å². The molecule has 6 nitrogen and oxygen atoms in total. The number of carboxylic acid groups (broad SMARTS) is 1. The first-order valence-electron chi connectivity index (χ1n) is 11.2. The second kappa shape index (κ2) is 10.5. The van der Waals surface area contributed by atoms with Crippen molar-refractivity contribution >= 4 is 38.6 Å². The lowest BCUT2D eigenvalue weighted by molar-refractivity contribution is -0.137. The number of rotatable bonds is 9. The van der Waals surface area contributed by atoms with Crippen LogP contribution in [0.1, 0.15) is 47.9 Å². The Labute approximate surface area is 205 Å². The molecule has 4 rings (SSSR count). The van der Waals surface area contributed by atoms with Crippen LogP contribution in [0.5, 0.6) is 0 Å². The number of thiocarbonyl (C=S) groups is 1. The molecular weight excluding hydrogens is 468 g/mol. The highest BCUT2D eigenvalue weighted by molar-refractivity contribution is 7.96. The Balaban J connectivity index is 1.54. The number of fused-ring (bicyclic) bond motifs is 1. The number of pyridine rings is 1. The lowest BCUT2D eigenvalue weighted by Gasteiger charge is -2.16. The van der Waals surface area contributed by atoms with Gasteiger partial charge in [-0.3, -0.25) is 9.78 Å². The van der Waals surface area contributed by atoms with Crippen molar-refractivity contribution in [3.8, 4) is 0 Å². The van der Waals surface area contributed by atoms with Crippen molar-refractivity contribution in [3.05, 3.63) is 94.2 Å². The van der Waals surface area contributed by atoms with Gasteiger partial charge in [-0.05, 0) is 60.1 Å². The number of carbonyl (C=O) groups is 1. The summed E-state index contributed by atoms with van der Waals surface area (Å²) in [6.07, 6.45) is 13.7. The van der Waals surface area contributed by atoms with Gasteiger partial charge in [0.15, 0.2) is 0 Å². The molecule has 2 N–H and O–H groups in total. The topological polar surface area (TPSA) is 96.4 Å². The third-order valence-corrected chi connectivity index (χ3v) is 8.06. The molecule has 0 radical (unpaired) electrons. The number of hydrogen-bond donors (Lipinski definition) is 2. The highest BCUT2D eigenvalue weighted by atomic mass is 32.2. The normalized spacial score (nSPS) is 18.0. The summed E-state index contributed by atoms with van der Waals surface area (Å²) in [4.78, 5) is 15.7. The standard InChI is InChI=1S/C26H26N2O4S2/c29-26(30)10-4-1-7-23(20-6-5-13-27-17-20)19-12-11-18-15-22(16-21(18)14-19)28-34(31,32)25-9-3-2-8-24(25)33/h2-3,5-7,9,11-14,17,22,28H,1,4,8,10,15-16H2,(H,29,30). The molecule has 2 aliphatic rings. The van der Waals surface area contributed by atoms with Crippen molar-refractivity contribution in [2.75, 3.05) is 0 Å². The van der Waals surface area contributed by atoms with Gasteiger partial charge in [0.2, 0.25) is 10.0 Å². The summed E-state index contributed by atoms with van der Waals surface area (Å²) in [5.41, 5.74) is 5.18. The predicted molar refractivity (Wildman–Crippen MR) is 137 cm³/mol. The molecule has 1 unspecified atom stereocenters. The van der Waals surface area contributed by atoms with Gasteiger partial charge in [-0.2, -0.15) is 0 Å². The number of benzene rings is 1. The fraction of sp³-hybridized carbons (Fsp3) is 0.269. The Kier molecular flexibility index (Phi) is 7.50. The first-order chi connectivity index (χ1) is 16.3. The third-order valence-electron chi connectivity index (χ3n) is 5.94. The zero-order chi connectivity index (χ0) is 24.1. The molecule has 34 heavy (non-hydrogen) atoms. The second-order valence-corrected chi connectivity index (χ2v) is 10.6. The lowest BCUT2D eigenvalue weighted by atomic mass is 9.95. The number of hydrogen-bond acceptors (Lipinski definition) is 5. The minimum absolute atomic E-state index is 0.124. The maximum absolute atomic E-state index is 12.9. The van der Waals surface area contributed by atoms with E-state index in [-0.39, 0.29) is 17.4 Å². The molecule has 1 heterocycles. The molecule has 0 aliphatic heterocycles. The number of nitrogens with zero attached hydrogens (tertiary/aromatic N) is 1. The van der Waals surface area contributed by atoms with Gasteiger partial charge >= 0.3 is 5.97 Å². The van der Waals surface area contributed by atoms with E-state index >= 15 is 0 Å². The lowest BCUT2D eigenvalue weighted by Crippen LogP contribution is -2.37. The van der Waals surface area contributed by atoms with Crippen LogP contribution in [0.2, 0.25) is 0 Å². The molecule has 1 aromatic carbocycles. The van der Waals surface area contributed by atoms with Crippen LogP contribution in [0.15, 0.2) is 71.9 Å². The van der Waals surface area contributed by atoms with Crippen molar-refractivity contribution < 1.29 is 18.3 Å². The van der Waals surface area contributed by atoms with E-state index in [1.54, 1.807) is 24.5 Å². The van der Waals surface area contributed by atoms with Crippen molar-refractivity contribution in [1.29, 1.82) is 0 Å². The zero-order valence-electron chi connectivity index (χ0n) is 18.6. The predicted octanol–water partition coefficient (Wildman–Crippen LogP) is 4.37. The summed E-state index contributed by atoms with van der Waals surface area (Å²) in [5.74, 6) is -0.803. The van der Waals surface area contributed by atoms with E-state index in [1.165, 1.54) is 0 Å². The van der Waals surface area contributed by atoms with Crippen LogP contribution in [0.3, 0.4) is 0 Å². The van der Waals surface area contributed by atoms with Gasteiger partial charge in [0, 0.05) is 41.7 Å². The quantitative estimate of drug-likeness (QED) is 0.397. The van der Waals surface area contributed by atoms with Gasteiger partial charge < -0.3 is 5.11 Å². The fourth-order valence-electron chi connectivity index (χ4n) is 4.34. The van der Waals surface area contributed by atoms with Gasteiger partial charge in [-0.25, -0.2) is 13.1 Å². The van der Waals surface area contributed by atoms with E-state index in [2.05, 4.69) is 21.8 Å². The number of aliphatic carboxylic acids is 1. The number of aromatic nitrogens is 1. The third kappa shape index (κ3) is 5.75. The minimum Gasteiger partial charge on any atom is -0.481 e. The van der Waals surface area contributed by atoms with E-state index in [4.69, 9.17) is 17.3 Å². The average Bonchev–Trinajstić information content (AvgIpc) is 3.20. The molecule has 8 heteroatoms. The molecule has 0 fully saturated rings. The number of carboxylic acids is 1. The molecule has 0 amide bonds. The van der Waals surface area contributed by atoms with Crippen LogP contribution in [-0.2, 0) is 27.7 Å². The Morgan fingerprint density at radius 2 is 2.03 bits per heavy atom. The van der Waals surface area contributed by atoms with Crippen LogP contribution < -0.4 is 4.72 Å². The van der Waals surface area contributed by atoms with E-state index in [9.17, 15) is 13.2 Å². The number of unbranched alkanes of at least 4 members (excludes halogenated alkanes) is 1. The highest BCUT2D eigenvalue weighted by Gasteiger charge is 2.29. The molecule has 1 atom stereocenters. The first-order valence-corrected chi connectivity index (χ1v) is 13.1.